The van der Waals surface area contributed by atoms with Gasteiger partial charge in [-0.3, -0.25) is 0 Å². The third-order valence-corrected chi connectivity index (χ3v) is 7.57. The third-order valence-electron chi connectivity index (χ3n) is 7.57. The molecule has 0 bridgehead atoms. The number of benzene rings is 8. The Morgan fingerprint density at radius 1 is 0.419 bits per heavy atom. The van der Waals surface area contributed by atoms with E-state index in [2.05, 4.69) is 0 Å². The average Bonchev–Trinajstić information content (AvgIpc) is 3.66. The zero-order valence-electron chi connectivity index (χ0n) is 39.1. The normalized spacial score (nSPS) is 17.3. The molecule has 200 valence electrons. The monoisotopic (exact) mass is 563 g/mol. The highest BCUT2D eigenvalue weighted by atomic mass is 16.3. The molecule has 8 aromatic carbocycles. The van der Waals surface area contributed by atoms with Crippen LogP contribution in [-0.4, -0.2) is 0 Å². The molecule has 0 atom stereocenters. The summed E-state index contributed by atoms with van der Waals surface area (Å²) in [6, 6.07) is 5.03. The average molecular weight is 564 g/mol. The number of fused-ring (bicyclic) bond motifs is 7. The van der Waals surface area contributed by atoms with Crippen molar-refractivity contribution in [2.75, 3.05) is 0 Å². The minimum Gasteiger partial charge on any atom is -0.455 e. The fraction of sp³-hybridized carbons (Fsp3) is 0. The molecule has 0 aliphatic carbocycles. The summed E-state index contributed by atoms with van der Waals surface area (Å²) in [7, 11) is 0. The van der Waals surface area contributed by atoms with Gasteiger partial charge in [-0.05, 0) is 84.5 Å². The molecule has 0 saturated heterocycles. The van der Waals surface area contributed by atoms with Crippen LogP contribution >= 0.6 is 0 Å². The van der Waals surface area contributed by atoms with Gasteiger partial charge in [-0.25, -0.2) is 0 Å². The summed E-state index contributed by atoms with van der Waals surface area (Å²) in [4.78, 5) is 0. The maximum Gasteiger partial charge on any atom is 0.143 e. The summed E-state index contributed by atoms with van der Waals surface area (Å²) < 4.78 is 158. The van der Waals surface area contributed by atoms with Crippen molar-refractivity contribution in [3.05, 3.63) is 157 Å². The van der Waals surface area contributed by atoms with E-state index in [4.69, 9.17) is 18.1 Å². The molecule has 0 radical (unpaired) electrons. The Morgan fingerprint density at radius 2 is 1.02 bits per heavy atom. The highest BCUT2D eigenvalue weighted by molar-refractivity contribution is 6.23. The molecule has 9 aromatic rings. The molecule has 1 heterocycles. The van der Waals surface area contributed by atoms with Gasteiger partial charge in [0.25, 0.3) is 0 Å². The van der Waals surface area contributed by atoms with Crippen LogP contribution in [0.5, 0.6) is 0 Å². The fourth-order valence-electron chi connectivity index (χ4n) is 5.68. The van der Waals surface area contributed by atoms with Gasteiger partial charge < -0.3 is 4.42 Å². The Labute approximate surface area is 273 Å². The Bertz CT molecular complexity index is 3370. The molecule has 0 amide bonds. The van der Waals surface area contributed by atoms with Crippen LogP contribution in [0.4, 0.5) is 0 Å². The molecule has 0 fully saturated rings. The second-order valence-electron chi connectivity index (χ2n) is 9.96. The van der Waals surface area contributed by atoms with E-state index in [0.717, 1.165) is 5.56 Å². The third kappa shape index (κ3) is 3.72. The number of rotatable bonds is 3. The number of hydrogen-bond acceptors (Lipinski definition) is 1. The van der Waals surface area contributed by atoms with Crippen LogP contribution in [-0.2, 0) is 0 Å². The first-order valence-corrected chi connectivity index (χ1v) is 13.4. The Morgan fingerprint density at radius 3 is 1.74 bits per heavy atom. The van der Waals surface area contributed by atoms with Crippen molar-refractivity contribution in [3.63, 3.8) is 0 Å². The quantitative estimate of drug-likeness (QED) is 0.195. The SMILES string of the molecule is [2H]c1c(-c2c3c([2H])c([2H])c([2H])c([2H])c3c(-c3cccc(-c4ccccc4)c3)c3c([2H])c([2H])c([2H])c([2H])c23)c([2H])c2c(oc3c4c([2H])c([2H])c([2H])c([2H])c4c([2H])c([2H])c32)c1[2H]. The summed E-state index contributed by atoms with van der Waals surface area (Å²) in [6.45, 7) is 0. The Kier molecular flexibility index (Phi) is 2.79. The molecular formula is C42H26O. The summed E-state index contributed by atoms with van der Waals surface area (Å²) >= 11 is 0. The molecule has 0 spiro atoms. The molecule has 9 rings (SSSR count). The van der Waals surface area contributed by atoms with Gasteiger partial charge >= 0.3 is 0 Å². The van der Waals surface area contributed by atoms with Crippen molar-refractivity contribution in [2.24, 2.45) is 0 Å². The molecule has 43 heavy (non-hydrogen) atoms. The second-order valence-corrected chi connectivity index (χ2v) is 9.96. The van der Waals surface area contributed by atoms with E-state index in [-0.39, 0.29) is 59.8 Å². The van der Waals surface area contributed by atoms with Gasteiger partial charge in [0.2, 0.25) is 0 Å². The van der Waals surface area contributed by atoms with E-state index in [9.17, 15) is 9.60 Å². The molecular weight excluding hydrogens is 520 g/mol. The van der Waals surface area contributed by atoms with Crippen LogP contribution in [0.25, 0.3) is 87.6 Å². The highest BCUT2D eigenvalue weighted by Gasteiger charge is 2.18. The predicted octanol–water partition coefficient (Wildman–Crippen LogP) is 12.0. The Hall–Kier alpha value is -5.66. The van der Waals surface area contributed by atoms with E-state index >= 15 is 0 Å². The van der Waals surface area contributed by atoms with Crippen LogP contribution in [0.2, 0.25) is 0 Å². The van der Waals surface area contributed by atoms with Crippen LogP contribution in [0, 0.1) is 0 Å². The van der Waals surface area contributed by atoms with Gasteiger partial charge in [0.1, 0.15) is 11.2 Å². The first-order chi connectivity index (χ1) is 28.4. The van der Waals surface area contributed by atoms with Crippen molar-refractivity contribution >= 4 is 54.3 Å². The number of hydrogen-bond donors (Lipinski definition) is 0. The van der Waals surface area contributed by atoms with Gasteiger partial charge in [-0.2, -0.15) is 0 Å². The zero-order chi connectivity index (χ0) is 43.1. The van der Waals surface area contributed by atoms with Gasteiger partial charge in [-0.15, -0.1) is 0 Å². The van der Waals surface area contributed by atoms with E-state index in [1.807, 2.05) is 36.4 Å². The lowest BCUT2D eigenvalue weighted by molar-refractivity contribution is 0.672. The fourth-order valence-corrected chi connectivity index (χ4v) is 5.68. The maximum atomic E-state index is 9.75. The molecule has 1 heteroatoms. The van der Waals surface area contributed by atoms with Crippen molar-refractivity contribution in [1.29, 1.82) is 0 Å². The lowest BCUT2D eigenvalue weighted by Crippen LogP contribution is -1.91. The highest BCUT2D eigenvalue weighted by Crippen LogP contribution is 2.45. The molecule has 0 N–H and O–H groups in total. The van der Waals surface area contributed by atoms with Crippen LogP contribution < -0.4 is 0 Å². The maximum absolute atomic E-state index is 9.75. The summed E-state index contributed by atoms with van der Waals surface area (Å²) in [5.41, 5.74) is 0.196. The molecule has 1 nitrogen and oxygen atoms in total. The van der Waals surface area contributed by atoms with Crippen LogP contribution in [0.1, 0.15) is 23.3 Å². The number of furan rings is 1. The lowest BCUT2D eigenvalue weighted by atomic mass is 9.85. The molecule has 1 aromatic heterocycles. The van der Waals surface area contributed by atoms with Crippen molar-refractivity contribution in [3.8, 4) is 33.4 Å². The van der Waals surface area contributed by atoms with E-state index in [1.54, 1.807) is 18.2 Å². The molecule has 0 unspecified atom stereocenters. The van der Waals surface area contributed by atoms with E-state index < -0.39 is 114 Å². The van der Waals surface area contributed by atoms with Gasteiger partial charge in [0, 0.05) is 16.2 Å². The van der Waals surface area contributed by atoms with E-state index in [0.29, 0.717) is 11.1 Å². The minimum absolute atomic E-state index is 0.0347. The smallest absolute Gasteiger partial charge is 0.143 e. The lowest BCUT2D eigenvalue weighted by Gasteiger charge is -2.18. The van der Waals surface area contributed by atoms with Gasteiger partial charge in [0.05, 0.1) is 23.3 Å². The van der Waals surface area contributed by atoms with Crippen LogP contribution in [0.3, 0.4) is 0 Å². The van der Waals surface area contributed by atoms with E-state index in [1.165, 1.54) is 0 Å². The second kappa shape index (κ2) is 9.44. The van der Waals surface area contributed by atoms with Crippen molar-refractivity contribution in [1.82, 2.24) is 0 Å². The topological polar surface area (TPSA) is 13.1 Å². The molecule has 0 saturated carbocycles. The van der Waals surface area contributed by atoms with Gasteiger partial charge in [-0.1, -0.05) is 133 Å². The molecule has 0 aliphatic heterocycles. The Balaban J connectivity index is 1.56. The predicted molar refractivity (Wildman–Crippen MR) is 183 cm³/mol. The molecule has 0 aliphatic rings. The van der Waals surface area contributed by atoms with Gasteiger partial charge in [0.15, 0.2) is 0 Å². The zero-order valence-corrected chi connectivity index (χ0v) is 22.1. The standard InChI is InChI=1S/C42H26O/c1-2-11-27(12-3-1)29-14-10-15-30(25-29)40-33-17-6-8-19-35(33)41(36-20-9-7-18-34(36)40)31-22-24-39-38(26-31)37-23-21-28-13-4-5-16-32(28)42(37)43-39/h1-26H/i4D,5D,6D,7D,8D,9D,13D,16D,17D,18D,19D,20D,21D,22D,23D,24D,26D. The van der Waals surface area contributed by atoms with Crippen LogP contribution in [0.15, 0.2) is 162 Å². The largest absolute Gasteiger partial charge is 0.455 e. The first kappa shape index (κ1) is 12.7. The summed E-state index contributed by atoms with van der Waals surface area (Å²) in [6.07, 6.45) is 0. The first-order valence-electron chi connectivity index (χ1n) is 21.9. The minimum atomic E-state index is -0.739. The summed E-state index contributed by atoms with van der Waals surface area (Å²) in [5.74, 6) is 0. The van der Waals surface area contributed by atoms with Crippen molar-refractivity contribution in [2.45, 2.75) is 0 Å². The van der Waals surface area contributed by atoms with Crippen molar-refractivity contribution < 1.29 is 27.7 Å². The summed E-state index contributed by atoms with van der Waals surface area (Å²) in [5, 5.41) is -2.22.